The zero-order valence-corrected chi connectivity index (χ0v) is 14.3. The molecule has 1 fully saturated rings. The maximum Gasteiger partial charge on any atom is 0.234 e. The Bertz CT molecular complexity index is 616. The minimum Gasteiger partial charge on any atom is -0.467 e. The Morgan fingerprint density at radius 3 is 2.62 bits per heavy atom. The zero-order valence-electron chi connectivity index (χ0n) is 14.3. The van der Waals surface area contributed by atoms with Crippen LogP contribution >= 0.6 is 0 Å². The first-order valence-electron chi connectivity index (χ1n) is 8.80. The van der Waals surface area contributed by atoms with E-state index in [2.05, 4.69) is 40.5 Å². The summed E-state index contributed by atoms with van der Waals surface area (Å²) in [5.41, 5.74) is 1.42. The van der Waals surface area contributed by atoms with E-state index in [0.717, 1.165) is 44.0 Å². The normalized spacial score (nSPS) is 17.5. The standard InChI is InChI=1S/C20H26N2O2/c1-16(19-8-5-13-24-19)21-20(23)15-22-11-9-18(10-12-22)14-17-6-3-2-4-7-17/h2-8,13,16,18H,9-12,14-15H2,1H3,(H,21,23). The van der Waals surface area contributed by atoms with Gasteiger partial charge in [-0.15, -0.1) is 0 Å². The van der Waals surface area contributed by atoms with Crippen molar-refractivity contribution in [1.82, 2.24) is 10.2 Å². The fourth-order valence-electron chi connectivity index (χ4n) is 3.40. The van der Waals surface area contributed by atoms with Crippen molar-refractivity contribution in [1.29, 1.82) is 0 Å². The lowest BCUT2D eigenvalue weighted by Crippen LogP contribution is -2.42. The SMILES string of the molecule is CC(NC(=O)CN1CCC(Cc2ccccc2)CC1)c1ccco1. The molecule has 1 N–H and O–H groups in total. The molecule has 4 heteroatoms. The maximum atomic E-state index is 12.2. The van der Waals surface area contributed by atoms with Crippen LogP contribution in [0, 0.1) is 5.92 Å². The molecule has 2 aromatic rings. The van der Waals surface area contributed by atoms with E-state index >= 15 is 0 Å². The Morgan fingerprint density at radius 1 is 1.21 bits per heavy atom. The predicted molar refractivity (Wildman–Crippen MR) is 94.6 cm³/mol. The van der Waals surface area contributed by atoms with Crippen LogP contribution in [0.3, 0.4) is 0 Å². The average molecular weight is 326 g/mol. The minimum atomic E-state index is -0.0804. The summed E-state index contributed by atoms with van der Waals surface area (Å²) < 4.78 is 5.33. The van der Waals surface area contributed by atoms with E-state index in [9.17, 15) is 4.79 Å². The molecular formula is C20H26N2O2. The van der Waals surface area contributed by atoms with Gasteiger partial charge in [-0.3, -0.25) is 9.69 Å². The van der Waals surface area contributed by atoms with Gasteiger partial charge in [0.2, 0.25) is 5.91 Å². The van der Waals surface area contributed by atoms with Gasteiger partial charge in [-0.05, 0) is 62.9 Å². The maximum absolute atomic E-state index is 12.2. The molecule has 1 aromatic heterocycles. The van der Waals surface area contributed by atoms with E-state index in [0.29, 0.717) is 6.54 Å². The molecule has 0 radical (unpaired) electrons. The predicted octanol–water partition coefficient (Wildman–Crippen LogP) is 3.41. The summed E-state index contributed by atoms with van der Waals surface area (Å²) in [6.07, 6.45) is 5.11. The van der Waals surface area contributed by atoms with Gasteiger partial charge in [-0.2, -0.15) is 0 Å². The van der Waals surface area contributed by atoms with Crippen LogP contribution in [0.5, 0.6) is 0 Å². The Kier molecular flexibility index (Phi) is 5.70. The van der Waals surface area contributed by atoms with Crippen molar-refractivity contribution < 1.29 is 9.21 Å². The number of likely N-dealkylation sites (tertiary alicyclic amines) is 1. The summed E-state index contributed by atoms with van der Waals surface area (Å²) in [5.74, 6) is 1.60. The molecule has 1 atom stereocenters. The van der Waals surface area contributed by atoms with E-state index < -0.39 is 0 Å². The van der Waals surface area contributed by atoms with Gasteiger partial charge >= 0.3 is 0 Å². The van der Waals surface area contributed by atoms with Crippen molar-refractivity contribution in [3.8, 4) is 0 Å². The highest BCUT2D eigenvalue weighted by Gasteiger charge is 2.22. The summed E-state index contributed by atoms with van der Waals surface area (Å²) in [5, 5.41) is 3.01. The summed E-state index contributed by atoms with van der Waals surface area (Å²) in [6, 6.07) is 14.3. The van der Waals surface area contributed by atoms with Gasteiger partial charge in [0.25, 0.3) is 0 Å². The number of benzene rings is 1. The Hall–Kier alpha value is -2.07. The number of carbonyl (C=O) groups is 1. The molecule has 1 aliphatic rings. The molecule has 2 heterocycles. The van der Waals surface area contributed by atoms with Crippen molar-refractivity contribution in [3.63, 3.8) is 0 Å². The van der Waals surface area contributed by atoms with Gasteiger partial charge in [-0.25, -0.2) is 0 Å². The van der Waals surface area contributed by atoms with Crippen LogP contribution in [-0.2, 0) is 11.2 Å². The van der Waals surface area contributed by atoms with Gasteiger partial charge in [0.15, 0.2) is 0 Å². The van der Waals surface area contributed by atoms with E-state index in [-0.39, 0.29) is 11.9 Å². The Morgan fingerprint density at radius 2 is 1.96 bits per heavy atom. The second-order valence-corrected chi connectivity index (χ2v) is 6.71. The molecule has 4 nitrogen and oxygen atoms in total. The number of rotatable bonds is 6. The van der Waals surface area contributed by atoms with E-state index in [4.69, 9.17) is 4.42 Å². The molecule has 3 rings (SSSR count). The van der Waals surface area contributed by atoms with E-state index in [1.807, 2.05) is 19.1 Å². The van der Waals surface area contributed by atoms with Gasteiger partial charge in [0.1, 0.15) is 5.76 Å². The monoisotopic (exact) mass is 326 g/mol. The van der Waals surface area contributed by atoms with E-state index in [1.54, 1.807) is 6.26 Å². The molecule has 1 amide bonds. The second-order valence-electron chi connectivity index (χ2n) is 6.71. The first kappa shape index (κ1) is 16.8. The molecule has 0 spiro atoms. The molecule has 1 unspecified atom stereocenters. The van der Waals surface area contributed by atoms with Crippen molar-refractivity contribution in [3.05, 3.63) is 60.1 Å². The highest BCUT2D eigenvalue weighted by molar-refractivity contribution is 5.78. The highest BCUT2D eigenvalue weighted by atomic mass is 16.3. The van der Waals surface area contributed by atoms with Gasteiger partial charge in [-0.1, -0.05) is 30.3 Å². The third-order valence-corrected chi connectivity index (χ3v) is 4.79. The zero-order chi connectivity index (χ0) is 16.8. The van der Waals surface area contributed by atoms with E-state index in [1.165, 1.54) is 5.56 Å². The molecule has 1 aromatic carbocycles. The first-order valence-corrected chi connectivity index (χ1v) is 8.80. The Labute approximate surface area is 143 Å². The molecule has 128 valence electrons. The van der Waals surface area contributed by atoms with Gasteiger partial charge in [0.05, 0.1) is 18.8 Å². The Balaban J connectivity index is 1.39. The topological polar surface area (TPSA) is 45.5 Å². The number of piperidine rings is 1. The lowest BCUT2D eigenvalue weighted by Gasteiger charge is -2.31. The number of nitrogens with zero attached hydrogens (tertiary/aromatic N) is 1. The fraction of sp³-hybridized carbons (Fsp3) is 0.450. The number of hydrogen-bond donors (Lipinski definition) is 1. The third kappa shape index (κ3) is 4.71. The van der Waals surface area contributed by atoms with Crippen LogP contribution in [0.2, 0.25) is 0 Å². The smallest absolute Gasteiger partial charge is 0.234 e. The summed E-state index contributed by atoms with van der Waals surface area (Å²) in [6.45, 7) is 4.42. The molecule has 0 aliphatic carbocycles. The average Bonchev–Trinajstić information content (AvgIpc) is 3.12. The van der Waals surface area contributed by atoms with Crippen LogP contribution in [-0.4, -0.2) is 30.4 Å². The number of furan rings is 1. The number of nitrogens with one attached hydrogen (secondary N) is 1. The first-order chi connectivity index (χ1) is 11.7. The molecule has 24 heavy (non-hydrogen) atoms. The van der Waals surface area contributed by atoms with Crippen molar-refractivity contribution in [2.24, 2.45) is 5.92 Å². The molecule has 1 saturated heterocycles. The second kappa shape index (κ2) is 8.15. The number of amides is 1. The van der Waals surface area contributed by atoms with Crippen molar-refractivity contribution in [2.75, 3.05) is 19.6 Å². The van der Waals surface area contributed by atoms with Gasteiger partial charge in [0, 0.05) is 0 Å². The number of carbonyl (C=O) groups excluding carboxylic acids is 1. The number of hydrogen-bond acceptors (Lipinski definition) is 3. The van der Waals surface area contributed by atoms with Crippen LogP contribution in [0.25, 0.3) is 0 Å². The van der Waals surface area contributed by atoms with Crippen molar-refractivity contribution in [2.45, 2.75) is 32.2 Å². The van der Waals surface area contributed by atoms with Crippen LogP contribution in [0.1, 0.15) is 37.1 Å². The van der Waals surface area contributed by atoms with Crippen LogP contribution < -0.4 is 5.32 Å². The lowest BCUT2D eigenvalue weighted by atomic mass is 9.90. The molecule has 1 aliphatic heterocycles. The van der Waals surface area contributed by atoms with Gasteiger partial charge < -0.3 is 9.73 Å². The largest absolute Gasteiger partial charge is 0.467 e. The summed E-state index contributed by atoms with van der Waals surface area (Å²) >= 11 is 0. The molecular weight excluding hydrogens is 300 g/mol. The quantitative estimate of drug-likeness (QED) is 0.885. The lowest BCUT2D eigenvalue weighted by molar-refractivity contribution is -0.123. The van der Waals surface area contributed by atoms with Crippen LogP contribution in [0.4, 0.5) is 0 Å². The van der Waals surface area contributed by atoms with Crippen molar-refractivity contribution >= 4 is 5.91 Å². The fourth-order valence-corrected chi connectivity index (χ4v) is 3.40. The molecule has 0 saturated carbocycles. The third-order valence-electron chi connectivity index (χ3n) is 4.79. The summed E-state index contributed by atoms with van der Waals surface area (Å²) in [4.78, 5) is 14.5. The summed E-state index contributed by atoms with van der Waals surface area (Å²) in [7, 11) is 0. The highest BCUT2D eigenvalue weighted by Crippen LogP contribution is 2.21. The van der Waals surface area contributed by atoms with Crippen LogP contribution in [0.15, 0.2) is 53.1 Å². The minimum absolute atomic E-state index is 0.0698. The molecule has 0 bridgehead atoms.